The molecular weight excluding hydrogens is 585 g/mol. The molecule has 4 rings (SSSR count). The highest BCUT2D eigenvalue weighted by molar-refractivity contribution is 7.51. The molecule has 4 aliphatic carbocycles. The normalized spacial score (nSPS) is 35.4. The number of fused-ring (bicyclic) bond motifs is 5. The number of carbonyl (C=O) groups excluding carboxylic acids is 1. The van der Waals surface area contributed by atoms with Gasteiger partial charge in [0, 0.05) is 19.6 Å². The minimum absolute atomic E-state index is 0.0352. The number of nitrogens with one attached hydrogen (secondary N) is 1. The topological polar surface area (TPSA) is 105 Å². The zero-order valence-electron chi connectivity index (χ0n) is 29.4. The van der Waals surface area contributed by atoms with Gasteiger partial charge in [-0.05, 0) is 111 Å². The first-order chi connectivity index (χ1) is 21.2. The Morgan fingerprint density at radius 3 is 2.51 bits per heavy atom. The van der Waals surface area contributed by atoms with Crippen LogP contribution in [0, 0.1) is 46.3 Å². The minimum Gasteiger partial charge on any atom is -0.446 e. The Hall–Kier alpha value is -0.880. The van der Waals surface area contributed by atoms with Gasteiger partial charge >= 0.3 is 13.7 Å². The van der Waals surface area contributed by atoms with Crippen LogP contribution in [-0.2, 0) is 13.8 Å². The Kier molecular flexibility index (Phi) is 13.1. The van der Waals surface area contributed by atoms with Crippen LogP contribution in [0.25, 0.3) is 0 Å². The highest BCUT2D eigenvalue weighted by Crippen LogP contribution is 2.67. The quantitative estimate of drug-likeness (QED) is 0.0873. The second-order valence-electron chi connectivity index (χ2n) is 16.4. The van der Waals surface area contributed by atoms with Gasteiger partial charge in [0.15, 0.2) is 0 Å². The van der Waals surface area contributed by atoms with Crippen molar-refractivity contribution in [3.8, 4) is 0 Å². The Labute approximate surface area is 274 Å². The largest absolute Gasteiger partial charge is 0.446 e. The van der Waals surface area contributed by atoms with Crippen LogP contribution in [0.15, 0.2) is 11.6 Å². The molecule has 0 heterocycles. The number of allylic oxidation sites excluding steroid dienone is 1. The molecular formula is C37H66NO6P. The number of unbranched alkanes of at least 4 members (excludes halogenated alkanes) is 2. The van der Waals surface area contributed by atoms with Crippen molar-refractivity contribution >= 4 is 13.7 Å². The number of hydrogen-bond acceptors (Lipinski definition) is 5. The molecule has 45 heavy (non-hydrogen) atoms. The van der Waals surface area contributed by atoms with Crippen LogP contribution in [0.2, 0.25) is 0 Å². The van der Waals surface area contributed by atoms with Crippen molar-refractivity contribution in [1.29, 1.82) is 0 Å². The molecule has 7 nitrogen and oxygen atoms in total. The summed E-state index contributed by atoms with van der Waals surface area (Å²) in [5, 5.41) is 12.9. The van der Waals surface area contributed by atoms with Gasteiger partial charge in [0.05, 0.1) is 12.7 Å². The van der Waals surface area contributed by atoms with Gasteiger partial charge in [-0.1, -0.05) is 78.4 Å². The van der Waals surface area contributed by atoms with Crippen LogP contribution in [0.1, 0.15) is 137 Å². The first-order valence-electron chi connectivity index (χ1n) is 18.5. The summed E-state index contributed by atoms with van der Waals surface area (Å²) in [6.07, 6.45) is 19.1. The van der Waals surface area contributed by atoms with E-state index in [1.165, 1.54) is 51.4 Å². The smallest absolute Gasteiger partial charge is 0.407 e. The molecule has 0 spiro atoms. The van der Waals surface area contributed by atoms with Crippen LogP contribution < -0.4 is 5.32 Å². The third kappa shape index (κ3) is 9.61. The van der Waals surface area contributed by atoms with Gasteiger partial charge in [-0.3, -0.25) is 4.57 Å². The van der Waals surface area contributed by atoms with E-state index >= 15 is 0 Å². The number of hydrogen-bond donors (Lipinski definition) is 3. The summed E-state index contributed by atoms with van der Waals surface area (Å²) < 4.78 is 21.9. The fourth-order valence-electron chi connectivity index (χ4n) is 10.3. The average molecular weight is 652 g/mol. The molecule has 0 aromatic rings. The van der Waals surface area contributed by atoms with E-state index in [-0.39, 0.29) is 24.2 Å². The number of aliphatic hydroxyl groups excluding tert-OH is 1. The monoisotopic (exact) mass is 651 g/mol. The van der Waals surface area contributed by atoms with Gasteiger partial charge in [0.1, 0.15) is 6.10 Å². The van der Waals surface area contributed by atoms with Crippen LogP contribution in [-0.4, -0.2) is 48.1 Å². The first-order valence-corrected chi connectivity index (χ1v) is 20.5. The minimum atomic E-state index is -3.48. The number of amides is 1. The number of aliphatic hydroxyl groups is 1. The summed E-state index contributed by atoms with van der Waals surface area (Å²) in [4.78, 5) is 21.8. The van der Waals surface area contributed by atoms with Crippen LogP contribution in [0.3, 0.4) is 0 Å². The maximum Gasteiger partial charge on any atom is 0.407 e. The van der Waals surface area contributed by atoms with Gasteiger partial charge in [-0.2, -0.15) is 0 Å². The highest BCUT2D eigenvalue weighted by atomic mass is 31.2. The van der Waals surface area contributed by atoms with Gasteiger partial charge in [0.25, 0.3) is 0 Å². The fraction of sp³-hybridized carbons (Fsp3) is 0.919. The predicted octanol–water partition coefficient (Wildman–Crippen LogP) is 9.27. The van der Waals surface area contributed by atoms with Crippen molar-refractivity contribution in [2.24, 2.45) is 46.3 Å². The molecule has 0 radical (unpaired) electrons. The van der Waals surface area contributed by atoms with Crippen molar-refractivity contribution in [2.75, 3.05) is 19.8 Å². The molecule has 0 saturated heterocycles. The summed E-state index contributed by atoms with van der Waals surface area (Å²) in [6.45, 7) is 14.3. The number of rotatable bonds is 16. The zero-order chi connectivity index (χ0) is 32.8. The van der Waals surface area contributed by atoms with E-state index in [2.05, 4.69) is 46.0 Å². The van der Waals surface area contributed by atoms with E-state index in [9.17, 15) is 14.5 Å². The Morgan fingerprint density at radius 2 is 1.78 bits per heavy atom. The van der Waals surface area contributed by atoms with Crippen molar-refractivity contribution in [3.63, 3.8) is 0 Å². The summed E-state index contributed by atoms with van der Waals surface area (Å²) in [7, 11) is -3.48. The molecule has 2 unspecified atom stereocenters. The second-order valence-corrected chi connectivity index (χ2v) is 18.3. The summed E-state index contributed by atoms with van der Waals surface area (Å²) in [6, 6.07) is 0. The van der Waals surface area contributed by atoms with Crippen LogP contribution in [0.5, 0.6) is 0 Å². The SMILES string of the molecule is CC(C)CCC[C@@H](C)[C@H]1CC[C@H]2[C@@H]3CC=C4C[C@@H](OC(=O)NCCCCCC(O)CCOP(C)(=O)O)CC[C@]4(C)[C@H]3CC[C@]12C. The van der Waals surface area contributed by atoms with E-state index in [0.29, 0.717) is 24.8 Å². The average Bonchev–Trinajstić information content (AvgIpc) is 3.31. The van der Waals surface area contributed by atoms with E-state index in [1.807, 2.05) is 0 Å². The van der Waals surface area contributed by atoms with Gasteiger partial charge < -0.3 is 24.6 Å². The van der Waals surface area contributed by atoms with Crippen LogP contribution >= 0.6 is 7.60 Å². The van der Waals surface area contributed by atoms with Gasteiger partial charge in [0.2, 0.25) is 0 Å². The number of ether oxygens (including phenoxy) is 1. The lowest BCUT2D eigenvalue weighted by Gasteiger charge is -2.58. The van der Waals surface area contributed by atoms with Crippen molar-refractivity contribution in [2.45, 2.75) is 150 Å². The molecule has 0 aromatic carbocycles. The zero-order valence-corrected chi connectivity index (χ0v) is 30.3. The molecule has 0 aromatic heterocycles. The Bertz CT molecular complexity index is 1040. The standard InChI is InChI=1S/C37H66NO6P/c1-26(2)11-10-12-27(3)32-16-17-33-31-15-14-28-25-30(18-21-36(28,4)34(31)19-22-37(32,33)5)44-35(40)38-23-9-7-8-13-29(39)20-24-43-45(6,41)42/h14,26-27,29-34,39H,7-13,15-25H2,1-6H3,(H,38,40)(H,41,42)/t27-,29?,30+,31+,32-,33+,34+,36+,37-/m1/s1. The summed E-state index contributed by atoms with van der Waals surface area (Å²) in [5.74, 6) is 5.00. The fourth-order valence-corrected chi connectivity index (χ4v) is 10.8. The Balaban J connectivity index is 1.18. The van der Waals surface area contributed by atoms with E-state index < -0.39 is 13.7 Å². The molecule has 8 heteroatoms. The highest BCUT2D eigenvalue weighted by Gasteiger charge is 2.59. The van der Waals surface area contributed by atoms with Gasteiger partial charge in [-0.15, -0.1) is 0 Å². The lowest BCUT2D eigenvalue weighted by atomic mass is 9.47. The molecule has 1 amide bonds. The summed E-state index contributed by atoms with van der Waals surface area (Å²) >= 11 is 0. The van der Waals surface area contributed by atoms with E-state index in [1.54, 1.807) is 5.57 Å². The van der Waals surface area contributed by atoms with E-state index in [0.717, 1.165) is 80.7 Å². The third-order valence-electron chi connectivity index (χ3n) is 12.8. The molecule has 3 saturated carbocycles. The molecule has 3 N–H and O–H groups in total. The molecule has 0 bridgehead atoms. The third-order valence-corrected chi connectivity index (χ3v) is 13.5. The molecule has 10 atom stereocenters. The number of carbonyl (C=O) groups is 1. The van der Waals surface area contributed by atoms with Gasteiger partial charge in [-0.25, -0.2) is 4.79 Å². The predicted molar refractivity (Wildman–Crippen MR) is 182 cm³/mol. The Morgan fingerprint density at radius 1 is 1.00 bits per heavy atom. The molecule has 3 fully saturated rings. The van der Waals surface area contributed by atoms with Crippen molar-refractivity contribution in [3.05, 3.63) is 11.6 Å². The molecule has 260 valence electrons. The maximum absolute atomic E-state index is 12.6. The van der Waals surface area contributed by atoms with Crippen molar-refractivity contribution < 1.29 is 28.6 Å². The summed E-state index contributed by atoms with van der Waals surface area (Å²) in [5.41, 5.74) is 2.32. The molecule has 4 aliphatic rings. The lowest BCUT2D eigenvalue weighted by Crippen LogP contribution is -2.51. The first kappa shape index (κ1) is 36.9. The maximum atomic E-state index is 12.6. The van der Waals surface area contributed by atoms with Crippen molar-refractivity contribution in [1.82, 2.24) is 5.32 Å². The molecule has 0 aliphatic heterocycles. The number of alkyl carbamates (subject to hydrolysis) is 1. The lowest BCUT2D eigenvalue weighted by molar-refractivity contribution is -0.0581. The second kappa shape index (κ2) is 16.0. The van der Waals surface area contributed by atoms with Crippen LogP contribution in [0.4, 0.5) is 4.79 Å². The van der Waals surface area contributed by atoms with E-state index in [4.69, 9.17) is 14.2 Å².